The second-order valence-corrected chi connectivity index (χ2v) is 7.55. The Morgan fingerprint density at radius 2 is 2.04 bits per heavy atom. The zero-order valence-corrected chi connectivity index (χ0v) is 16.4. The Bertz CT molecular complexity index is 907. The second-order valence-electron chi connectivity index (χ2n) is 6.38. The van der Waals surface area contributed by atoms with Gasteiger partial charge in [0.05, 0.1) is 25.1 Å². The summed E-state index contributed by atoms with van der Waals surface area (Å²) in [4.78, 5) is 17.1. The summed E-state index contributed by atoms with van der Waals surface area (Å²) in [7, 11) is 0. The Kier molecular flexibility index (Phi) is 6.53. The average Bonchev–Trinajstić information content (AvgIpc) is 3.15. The minimum Gasteiger partial charge on any atom is -0.461 e. The lowest BCUT2D eigenvalue weighted by Crippen LogP contribution is -2.21. The molecule has 3 rings (SSSR count). The Labute approximate surface area is 163 Å². The molecule has 0 spiro atoms. The molecule has 0 unspecified atom stereocenters. The molecule has 1 heterocycles. The largest absolute Gasteiger partial charge is 0.461 e. The number of aliphatic hydroxyl groups excluding tert-OH is 1. The summed E-state index contributed by atoms with van der Waals surface area (Å²) < 4.78 is 6.78. The zero-order valence-electron chi connectivity index (χ0n) is 15.5. The van der Waals surface area contributed by atoms with Gasteiger partial charge in [0.2, 0.25) is 0 Å². The summed E-state index contributed by atoms with van der Waals surface area (Å²) in [5.41, 5.74) is 0.268. The third-order valence-electron chi connectivity index (χ3n) is 4.43. The van der Waals surface area contributed by atoms with Crippen molar-refractivity contribution in [2.45, 2.75) is 37.3 Å². The standard InChI is InChI=1S/C21H24N2O3S/c1-3-26-21(25)19-13-23(14-22-19)20(15(2)24)10-11-27-18-9-8-16-6-4-5-7-17(16)12-18/h4-9,12-15,20,24H,3,10-11H2,1-2H3/t15-,20+/m0/s1. The molecule has 142 valence electrons. The number of aromatic nitrogens is 2. The Hall–Kier alpha value is -2.31. The first-order chi connectivity index (χ1) is 13.1. The van der Waals surface area contributed by atoms with Gasteiger partial charge in [-0.25, -0.2) is 9.78 Å². The molecule has 0 bridgehead atoms. The van der Waals surface area contributed by atoms with Crippen LogP contribution in [-0.2, 0) is 4.74 Å². The Morgan fingerprint density at radius 1 is 1.26 bits per heavy atom. The van der Waals surface area contributed by atoms with Gasteiger partial charge < -0.3 is 14.4 Å². The number of thioether (sulfide) groups is 1. The molecule has 0 amide bonds. The van der Waals surface area contributed by atoms with Crippen molar-refractivity contribution in [2.75, 3.05) is 12.4 Å². The molecule has 0 radical (unpaired) electrons. The second kappa shape index (κ2) is 9.06. The van der Waals surface area contributed by atoms with Gasteiger partial charge in [-0.15, -0.1) is 11.8 Å². The first-order valence-electron chi connectivity index (χ1n) is 9.08. The molecule has 2 atom stereocenters. The van der Waals surface area contributed by atoms with Crippen molar-refractivity contribution in [2.24, 2.45) is 0 Å². The number of rotatable bonds is 8. The highest BCUT2D eigenvalue weighted by Gasteiger charge is 2.19. The van der Waals surface area contributed by atoms with E-state index in [1.54, 1.807) is 42.7 Å². The lowest BCUT2D eigenvalue weighted by atomic mass is 10.1. The molecule has 2 aromatic carbocycles. The third-order valence-corrected chi connectivity index (χ3v) is 5.46. The average molecular weight is 385 g/mol. The van der Waals surface area contributed by atoms with Gasteiger partial charge in [-0.05, 0) is 43.2 Å². The van der Waals surface area contributed by atoms with E-state index >= 15 is 0 Å². The van der Waals surface area contributed by atoms with Crippen LogP contribution in [0.5, 0.6) is 0 Å². The van der Waals surface area contributed by atoms with E-state index in [9.17, 15) is 9.90 Å². The number of carbonyl (C=O) groups is 1. The fourth-order valence-electron chi connectivity index (χ4n) is 3.02. The molecule has 6 heteroatoms. The van der Waals surface area contributed by atoms with Crippen LogP contribution in [-0.4, -0.2) is 39.1 Å². The maximum Gasteiger partial charge on any atom is 0.358 e. The number of nitrogens with zero attached hydrogens (tertiary/aromatic N) is 2. The lowest BCUT2D eigenvalue weighted by molar-refractivity contribution is 0.0519. The molecule has 3 aromatic rings. The van der Waals surface area contributed by atoms with E-state index in [4.69, 9.17) is 4.74 Å². The van der Waals surface area contributed by atoms with Gasteiger partial charge in [-0.1, -0.05) is 30.3 Å². The lowest BCUT2D eigenvalue weighted by Gasteiger charge is -2.21. The molecule has 1 aromatic heterocycles. The van der Waals surface area contributed by atoms with Crippen molar-refractivity contribution in [1.82, 2.24) is 9.55 Å². The van der Waals surface area contributed by atoms with Crippen molar-refractivity contribution < 1.29 is 14.6 Å². The van der Waals surface area contributed by atoms with Crippen LogP contribution < -0.4 is 0 Å². The third kappa shape index (κ3) is 4.90. The summed E-state index contributed by atoms with van der Waals surface area (Å²) in [6.07, 6.45) is 3.44. The van der Waals surface area contributed by atoms with E-state index in [0.717, 1.165) is 12.2 Å². The highest BCUT2D eigenvalue weighted by Crippen LogP contribution is 2.27. The molecule has 5 nitrogen and oxygen atoms in total. The first kappa shape index (κ1) is 19.5. The van der Waals surface area contributed by atoms with Gasteiger partial charge >= 0.3 is 5.97 Å². The van der Waals surface area contributed by atoms with Crippen LogP contribution in [0, 0.1) is 0 Å². The molecule has 0 fully saturated rings. The summed E-state index contributed by atoms with van der Waals surface area (Å²) in [5, 5.41) is 12.6. The SMILES string of the molecule is CCOC(=O)c1cn([C@H](CCSc2ccc3ccccc3c2)[C@H](C)O)cn1. The number of aliphatic hydroxyl groups is 1. The number of imidazole rings is 1. The van der Waals surface area contributed by atoms with Gasteiger partial charge in [0, 0.05) is 16.8 Å². The fourth-order valence-corrected chi connectivity index (χ4v) is 3.99. The van der Waals surface area contributed by atoms with E-state index in [-0.39, 0.29) is 11.7 Å². The van der Waals surface area contributed by atoms with Gasteiger partial charge in [0.15, 0.2) is 5.69 Å². The number of benzene rings is 2. The number of esters is 1. The minimum absolute atomic E-state index is 0.145. The maximum atomic E-state index is 11.8. The molecule has 0 aliphatic rings. The molecule has 0 aliphatic carbocycles. The fraction of sp³-hybridized carbons (Fsp3) is 0.333. The zero-order chi connectivity index (χ0) is 19.2. The van der Waals surface area contributed by atoms with Crippen LogP contribution in [0.4, 0.5) is 0 Å². The van der Waals surface area contributed by atoms with Crippen molar-refractivity contribution >= 4 is 28.5 Å². The monoisotopic (exact) mass is 384 g/mol. The van der Waals surface area contributed by atoms with Crippen LogP contribution in [0.3, 0.4) is 0 Å². The topological polar surface area (TPSA) is 64.3 Å². The molecule has 0 aliphatic heterocycles. The highest BCUT2D eigenvalue weighted by molar-refractivity contribution is 7.99. The minimum atomic E-state index is -0.550. The van der Waals surface area contributed by atoms with Crippen LogP contribution in [0.1, 0.15) is 36.8 Å². The maximum absolute atomic E-state index is 11.8. The van der Waals surface area contributed by atoms with Crippen LogP contribution in [0.25, 0.3) is 10.8 Å². The van der Waals surface area contributed by atoms with Crippen molar-refractivity contribution in [3.8, 4) is 0 Å². The Morgan fingerprint density at radius 3 is 2.78 bits per heavy atom. The number of fused-ring (bicyclic) bond motifs is 1. The summed E-state index contributed by atoms with van der Waals surface area (Å²) in [5.74, 6) is 0.409. The smallest absolute Gasteiger partial charge is 0.358 e. The van der Waals surface area contributed by atoms with Crippen molar-refractivity contribution in [3.63, 3.8) is 0 Å². The first-order valence-corrected chi connectivity index (χ1v) is 10.1. The van der Waals surface area contributed by atoms with Crippen molar-refractivity contribution in [3.05, 3.63) is 60.7 Å². The molecular weight excluding hydrogens is 360 g/mol. The predicted octanol–water partition coefficient (Wildman–Crippen LogP) is 4.32. The predicted molar refractivity (Wildman–Crippen MR) is 108 cm³/mol. The van der Waals surface area contributed by atoms with Gasteiger partial charge in [0.25, 0.3) is 0 Å². The van der Waals surface area contributed by atoms with E-state index < -0.39 is 12.1 Å². The number of carbonyl (C=O) groups excluding carboxylic acids is 1. The number of hydrogen-bond donors (Lipinski definition) is 1. The van der Waals surface area contributed by atoms with Crippen molar-refractivity contribution in [1.29, 1.82) is 0 Å². The van der Waals surface area contributed by atoms with E-state index in [2.05, 4.69) is 35.3 Å². The molecule has 0 saturated heterocycles. The molecular formula is C21H24N2O3S. The number of hydrogen-bond acceptors (Lipinski definition) is 5. The molecule has 0 saturated carbocycles. The van der Waals surface area contributed by atoms with Crippen LogP contribution in [0.2, 0.25) is 0 Å². The summed E-state index contributed by atoms with van der Waals surface area (Å²) >= 11 is 1.76. The number of ether oxygens (including phenoxy) is 1. The van der Waals surface area contributed by atoms with Crippen LogP contribution >= 0.6 is 11.8 Å². The normalized spacial score (nSPS) is 13.4. The van der Waals surface area contributed by atoms with Gasteiger partial charge in [-0.2, -0.15) is 0 Å². The van der Waals surface area contributed by atoms with E-state index in [1.807, 2.05) is 12.1 Å². The quantitative estimate of drug-likeness (QED) is 0.463. The van der Waals surface area contributed by atoms with Crippen LogP contribution in [0.15, 0.2) is 59.9 Å². The molecule has 1 N–H and O–H groups in total. The molecule has 27 heavy (non-hydrogen) atoms. The van der Waals surface area contributed by atoms with Gasteiger partial charge in [-0.3, -0.25) is 0 Å². The van der Waals surface area contributed by atoms with Gasteiger partial charge in [0.1, 0.15) is 0 Å². The van der Waals surface area contributed by atoms with E-state index in [0.29, 0.717) is 6.61 Å². The van der Waals surface area contributed by atoms with E-state index in [1.165, 1.54) is 15.7 Å². The highest BCUT2D eigenvalue weighted by atomic mass is 32.2. The summed E-state index contributed by atoms with van der Waals surface area (Å²) in [6, 6.07) is 14.6. The summed E-state index contributed by atoms with van der Waals surface area (Å²) in [6.45, 7) is 3.83. The Balaban J connectivity index is 1.63.